The smallest absolute Gasteiger partial charge is 0.291 e. The van der Waals surface area contributed by atoms with E-state index in [2.05, 4.69) is 24.6 Å². The first kappa shape index (κ1) is 10.8. The Morgan fingerprint density at radius 2 is 1.64 bits per heavy atom. The molecule has 1 heterocycles. The van der Waals surface area contributed by atoms with E-state index in [-0.39, 0.29) is 0 Å². The van der Waals surface area contributed by atoms with Crippen LogP contribution in [0.1, 0.15) is 19.3 Å². The van der Waals surface area contributed by atoms with Gasteiger partial charge in [0.1, 0.15) is 0 Å². The van der Waals surface area contributed by atoms with Gasteiger partial charge in [-0.05, 0) is 18.4 Å². The van der Waals surface area contributed by atoms with Gasteiger partial charge in [-0.15, -0.1) is 19.7 Å². The third-order valence-corrected chi connectivity index (χ3v) is 2.31. The highest BCUT2D eigenvalue weighted by molar-refractivity contribution is 6.51. The summed E-state index contributed by atoms with van der Waals surface area (Å²) in [5.41, 5.74) is 3.91. The first-order valence-corrected chi connectivity index (χ1v) is 4.90. The van der Waals surface area contributed by atoms with Crippen molar-refractivity contribution in [2.24, 2.45) is 4.90 Å². The molecule has 0 aromatic heterocycles. The zero-order valence-corrected chi connectivity index (χ0v) is 8.63. The van der Waals surface area contributed by atoms with Gasteiger partial charge < -0.3 is 4.90 Å². The summed E-state index contributed by atoms with van der Waals surface area (Å²) < 4.78 is 0. The van der Waals surface area contributed by atoms with Crippen molar-refractivity contribution in [2.45, 2.75) is 19.3 Å². The fourth-order valence-corrected chi connectivity index (χ4v) is 1.68. The van der Waals surface area contributed by atoms with Crippen LogP contribution in [0.5, 0.6) is 0 Å². The van der Waals surface area contributed by atoms with E-state index in [1.165, 1.54) is 16.8 Å². The maximum absolute atomic E-state index is 4.50. The summed E-state index contributed by atoms with van der Waals surface area (Å²) in [7, 11) is 0.832. The Morgan fingerprint density at radius 1 is 1.00 bits per heavy atom. The molecular weight excluding hydrogens is 169 g/mol. The summed E-state index contributed by atoms with van der Waals surface area (Å²) in [6.07, 6.45) is 8.49. The Labute approximate surface area is 86.9 Å². The molecule has 0 aliphatic carbocycles. The molecular formula is C12H16BN. The molecule has 0 spiro atoms. The zero-order valence-electron chi connectivity index (χ0n) is 8.63. The molecule has 0 fully saturated rings. The molecule has 0 amide bonds. The van der Waals surface area contributed by atoms with Gasteiger partial charge in [-0.1, -0.05) is 23.7 Å². The molecule has 0 N–H and O–H groups in total. The standard InChI is InChI=1S/C12H16BN/c1-4-7-10-11(8-5-2)13-14-12(10)9-6-3/h4-6,13H,1-3,7-9H2. The second-order valence-corrected chi connectivity index (χ2v) is 3.32. The van der Waals surface area contributed by atoms with Gasteiger partial charge in [0.25, 0.3) is 7.41 Å². The van der Waals surface area contributed by atoms with Crippen LogP contribution in [0, 0.1) is 0 Å². The maximum atomic E-state index is 4.50. The fourth-order valence-electron chi connectivity index (χ4n) is 1.68. The Hall–Kier alpha value is -1.31. The molecule has 0 aromatic rings. The van der Waals surface area contributed by atoms with Crippen LogP contribution in [0.15, 0.2) is 53.9 Å². The highest BCUT2D eigenvalue weighted by Gasteiger charge is 2.16. The lowest BCUT2D eigenvalue weighted by atomic mass is 9.79. The lowest BCUT2D eigenvalue weighted by Crippen LogP contribution is -1.99. The summed E-state index contributed by atoms with van der Waals surface area (Å²) in [6.45, 7) is 11.3. The predicted molar refractivity (Wildman–Crippen MR) is 66.1 cm³/mol. The van der Waals surface area contributed by atoms with E-state index in [0.717, 1.165) is 26.7 Å². The van der Waals surface area contributed by atoms with E-state index < -0.39 is 0 Å². The van der Waals surface area contributed by atoms with Crippen LogP contribution in [0.4, 0.5) is 0 Å². The first-order chi connectivity index (χ1) is 6.83. The molecule has 0 radical (unpaired) electrons. The second-order valence-electron chi connectivity index (χ2n) is 3.32. The summed E-state index contributed by atoms with van der Waals surface area (Å²) in [6, 6.07) is 0. The van der Waals surface area contributed by atoms with Crippen molar-refractivity contribution < 1.29 is 0 Å². The lowest BCUT2D eigenvalue weighted by Gasteiger charge is -2.05. The Bertz CT molecular complexity index is 310. The average Bonchev–Trinajstić information content (AvgIpc) is 2.52. The van der Waals surface area contributed by atoms with Crippen molar-refractivity contribution in [3.63, 3.8) is 0 Å². The van der Waals surface area contributed by atoms with Gasteiger partial charge in [-0.2, -0.15) is 0 Å². The molecule has 14 heavy (non-hydrogen) atoms. The largest absolute Gasteiger partial charge is 0.344 e. The first-order valence-electron chi connectivity index (χ1n) is 4.90. The second kappa shape index (κ2) is 5.43. The van der Waals surface area contributed by atoms with Crippen LogP contribution < -0.4 is 0 Å². The van der Waals surface area contributed by atoms with Crippen LogP contribution in [0.3, 0.4) is 0 Å². The number of rotatable bonds is 6. The molecule has 0 saturated carbocycles. The van der Waals surface area contributed by atoms with Crippen LogP contribution in [0.2, 0.25) is 0 Å². The highest BCUT2D eigenvalue weighted by Crippen LogP contribution is 2.22. The van der Waals surface area contributed by atoms with Crippen molar-refractivity contribution >= 4 is 13.1 Å². The highest BCUT2D eigenvalue weighted by atomic mass is 14.7. The minimum absolute atomic E-state index is 0.832. The molecule has 1 rings (SSSR count). The van der Waals surface area contributed by atoms with Crippen LogP contribution >= 0.6 is 0 Å². The number of hydrogen-bond donors (Lipinski definition) is 0. The summed E-state index contributed by atoms with van der Waals surface area (Å²) in [5, 5.41) is 0. The SMILES string of the molecule is C=CCC1=NBC(CC=C)=C1CC=C. The van der Waals surface area contributed by atoms with E-state index in [1.807, 2.05) is 18.2 Å². The molecule has 0 atom stereocenters. The summed E-state index contributed by atoms with van der Waals surface area (Å²) >= 11 is 0. The summed E-state index contributed by atoms with van der Waals surface area (Å²) in [4.78, 5) is 4.50. The van der Waals surface area contributed by atoms with E-state index in [4.69, 9.17) is 0 Å². The third kappa shape index (κ3) is 2.35. The topological polar surface area (TPSA) is 12.4 Å². The Morgan fingerprint density at radius 3 is 2.21 bits per heavy atom. The molecule has 0 saturated heterocycles. The number of nitrogens with zero attached hydrogens (tertiary/aromatic N) is 1. The average molecular weight is 185 g/mol. The van der Waals surface area contributed by atoms with Crippen molar-refractivity contribution in [3.8, 4) is 0 Å². The molecule has 1 nitrogen and oxygen atoms in total. The minimum atomic E-state index is 0.832. The minimum Gasteiger partial charge on any atom is -0.344 e. The van der Waals surface area contributed by atoms with Gasteiger partial charge in [0.05, 0.1) is 0 Å². The third-order valence-electron chi connectivity index (χ3n) is 2.31. The van der Waals surface area contributed by atoms with Crippen LogP contribution in [-0.2, 0) is 0 Å². The van der Waals surface area contributed by atoms with Crippen molar-refractivity contribution in [2.75, 3.05) is 0 Å². The molecule has 0 aromatic carbocycles. The van der Waals surface area contributed by atoms with E-state index in [9.17, 15) is 0 Å². The van der Waals surface area contributed by atoms with Crippen LogP contribution in [0.25, 0.3) is 0 Å². The van der Waals surface area contributed by atoms with Gasteiger partial charge in [-0.25, -0.2) is 0 Å². The monoisotopic (exact) mass is 185 g/mol. The van der Waals surface area contributed by atoms with Crippen LogP contribution in [-0.4, -0.2) is 13.1 Å². The van der Waals surface area contributed by atoms with Crippen molar-refractivity contribution in [1.29, 1.82) is 0 Å². The normalized spacial score (nSPS) is 14.7. The van der Waals surface area contributed by atoms with Gasteiger partial charge in [0, 0.05) is 12.1 Å². The molecule has 72 valence electrons. The molecule has 1 aliphatic rings. The number of hydrogen-bond acceptors (Lipinski definition) is 1. The van der Waals surface area contributed by atoms with Crippen molar-refractivity contribution in [1.82, 2.24) is 0 Å². The van der Waals surface area contributed by atoms with Gasteiger partial charge in [0.15, 0.2) is 0 Å². The van der Waals surface area contributed by atoms with Gasteiger partial charge in [0.2, 0.25) is 0 Å². The summed E-state index contributed by atoms with van der Waals surface area (Å²) in [5.74, 6) is 0. The maximum Gasteiger partial charge on any atom is 0.291 e. The van der Waals surface area contributed by atoms with Gasteiger partial charge in [-0.3, -0.25) is 0 Å². The molecule has 0 bridgehead atoms. The number of allylic oxidation sites excluding steroid dienone is 5. The van der Waals surface area contributed by atoms with Crippen molar-refractivity contribution in [3.05, 3.63) is 49.0 Å². The lowest BCUT2D eigenvalue weighted by molar-refractivity contribution is 1.23. The van der Waals surface area contributed by atoms with Gasteiger partial charge >= 0.3 is 0 Å². The van der Waals surface area contributed by atoms with E-state index in [1.54, 1.807) is 0 Å². The molecule has 2 heteroatoms. The Balaban J connectivity index is 2.84. The molecule has 1 aliphatic heterocycles. The molecule has 0 unspecified atom stereocenters. The van der Waals surface area contributed by atoms with E-state index in [0.29, 0.717) is 0 Å². The van der Waals surface area contributed by atoms with E-state index >= 15 is 0 Å². The predicted octanol–water partition coefficient (Wildman–Crippen LogP) is 2.77. The quantitative estimate of drug-likeness (QED) is 0.445. The zero-order chi connectivity index (χ0) is 10.4. The Kier molecular flexibility index (Phi) is 4.18. The fraction of sp³-hybridized carbons (Fsp3) is 0.250.